The molecule has 54 valence electrons. The van der Waals surface area contributed by atoms with Crippen LogP contribution in [0.4, 0.5) is 0 Å². The van der Waals surface area contributed by atoms with Crippen LogP contribution in [-0.4, -0.2) is 10.5 Å². The van der Waals surface area contributed by atoms with Crippen LogP contribution in [-0.2, 0) is 10.8 Å². The molecule has 1 rings (SSSR count). The van der Waals surface area contributed by atoms with Gasteiger partial charge < -0.3 is 0 Å². The normalized spacial score (nSPS) is 13.0. The molecule has 0 radical (unpaired) electrons. The molecule has 0 N–H and O–H groups in total. The fraction of sp³-hybridized carbons (Fsp3) is 0.143. The second kappa shape index (κ2) is 3.17. The average molecular weight is 176 g/mol. The average Bonchev–Trinajstić information content (AvgIpc) is 1.88. The van der Waals surface area contributed by atoms with E-state index in [1.54, 1.807) is 30.5 Å². The van der Waals surface area contributed by atoms with Crippen LogP contribution in [0.25, 0.3) is 0 Å². The predicted octanol–water partition coefficient (Wildman–Crippen LogP) is 1.12. The molecule has 1 aromatic carbocycles. The SMILES string of the molecule is CS(=O)c1ccc([ClH+])cc1. The zero-order chi connectivity index (χ0) is 7.56. The van der Waals surface area contributed by atoms with Gasteiger partial charge in [-0.3, -0.25) is 4.21 Å². The van der Waals surface area contributed by atoms with Crippen molar-refractivity contribution < 1.29 is 15.8 Å². The van der Waals surface area contributed by atoms with Crippen molar-refractivity contribution in [1.82, 2.24) is 0 Å². The van der Waals surface area contributed by atoms with Crippen molar-refractivity contribution in [3.8, 4) is 0 Å². The van der Waals surface area contributed by atoms with E-state index in [0.717, 1.165) is 9.92 Å². The van der Waals surface area contributed by atoms with Gasteiger partial charge in [-0.1, -0.05) is 0 Å². The van der Waals surface area contributed by atoms with E-state index in [4.69, 9.17) is 11.6 Å². The van der Waals surface area contributed by atoms with Crippen molar-refractivity contribution in [2.24, 2.45) is 0 Å². The molecule has 0 bridgehead atoms. The number of rotatable bonds is 1. The highest BCUT2D eigenvalue weighted by Crippen LogP contribution is 2.06. The third-order valence-electron chi connectivity index (χ3n) is 1.16. The Bertz CT molecular complexity index is 242. The molecule has 0 saturated heterocycles. The number of benzene rings is 1. The Morgan fingerprint density at radius 1 is 1.30 bits per heavy atom. The van der Waals surface area contributed by atoms with Crippen LogP contribution in [0, 0.1) is 11.6 Å². The van der Waals surface area contributed by atoms with Crippen LogP contribution in [0.2, 0.25) is 5.02 Å². The Morgan fingerprint density at radius 3 is 2.20 bits per heavy atom. The summed E-state index contributed by atoms with van der Waals surface area (Å²) in [5.74, 6) is 0. The lowest BCUT2D eigenvalue weighted by molar-refractivity contribution is -0.288. The lowest BCUT2D eigenvalue weighted by Gasteiger charge is -1.90. The number of hydrogen-bond acceptors (Lipinski definition) is 1. The van der Waals surface area contributed by atoms with E-state index in [2.05, 4.69) is 0 Å². The van der Waals surface area contributed by atoms with E-state index < -0.39 is 10.8 Å². The molecule has 0 aliphatic rings. The maximum Gasteiger partial charge on any atom is 0.225 e. The smallest absolute Gasteiger partial charge is 0.225 e. The molecule has 10 heavy (non-hydrogen) atoms. The maximum atomic E-state index is 10.8. The first-order chi connectivity index (χ1) is 4.70. The molecule has 1 atom stereocenters. The quantitative estimate of drug-likeness (QED) is 0.625. The third-order valence-corrected chi connectivity index (χ3v) is 2.36. The summed E-state index contributed by atoms with van der Waals surface area (Å²) in [6.45, 7) is 0. The van der Waals surface area contributed by atoms with Gasteiger partial charge in [-0.2, -0.15) is 0 Å². The molecule has 0 saturated carbocycles. The van der Waals surface area contributed by atoms with Gasteiger partial charge in [-0.05, 0) is 12.1 Å². The van der Waals surface area contributed by atoms with Crippen LogP contribution >= 0.6 is 0 Å². The molecule has 0 aromatic heterocycles. The van der Waals surface area contributed by atoms with Crippen molar-refractivity contribution >= 4 is 10.8 Å². The third kappa shape index (κ3) is 1.82. The minimum absolute atomic E-state index is 0.786. The minimum Gasteiger partial charge on any atom is -0.255 e. The Labute approximate surface area is 67.5 Å². The highest BCUT2D eigenvalue weighted by atomic mass is 35.5. The van der Waals surface area contributed by atoms with Crippen molar-refractivity contribution in [3.63, 3.8) is 0 Å². The van der Waals surface area contributed by atoms with Crippen molar-refractivity contribution in [2.45, 2.75) is 4.90 Å². The summed E-state index contributed by atoms with van der Waals surface area (Å²) in [6, 6.07) is 7.15. The molecule has 0 amide bonds. The fourth-order valence-corrected chi connectivity index (χ4v) is 1.29. The predicted molar refractivity (Wildman–Crippen MR) is 39.3 cm³/mol. The highest BCUT2D eigenvalue weighted by Gasteiger charge is 1.98. The van der Waals surface area contributed by atoms with Crippen LogP contribution in [0.1, 0.15) is 0 Å². The van der Waals surface area contributed by atoms with Gasteiger partial charge in [-0.25, -0.2) is 0 Å². The molecule has 0 aliphatic carbocycles. The summed E-state index contributed by atoms with van der Waals surface area (Å²) in [5, 5.41) is 0.786. The fourth-order valence-electron chi connectivity index (χ4n) is 0.631. The molecule has 1 aromatic rings. The molecule has 0 aliphatic heterocycles. The van der Waals surface area contributed by atoms with E-state index >= 15 is 0 Å². The zero-order valence-electron chi connectivity index (χ0n) is 5.53. The van der Waals surface area contributed by atoms with Crippen molar-refractivity contribution in [2.75, 3.05) is 6.26 Å². The molecular weight excluding hydrogens is 168 g/mol. The van der Waals surface area contributed by atoms with Crippen LogP contribution in [0.5, 0.6) is 0 Å². The topological polar surface area (TPSA) is 17.1 Å². The van der Waals surface area contributed by atoms with E-state index in [-0.39, 0.29) is 0 Å². The molecule has 0 spiro atoms. The van der Waals surface area contributed by atoms with Gasteiger partial charge in [0.05, 0.1) is 0 Å². The first kappa shape index (κ1) is 7.76. The van der Waals surface area contributed by atoms with Gasteiger partial charge in [-0.15, -0.1) is 0 Å². The summed E-state index contributed by atoms with van der Waals surface area (Å²) >= 11 is 4.86. The van der Waals surface area contributed by atoms with E-state index in [1.807, 2.05) is 0 Å². The standard InChI is InChI=1S/C7H8ClOS/c1-10(9)7-4-2-6(8)3-5-7/h2-5,8H,1H3/q+1. The first-order valence-electron chi connectivity index (χ1n) is 2.80. The zero-order valence-corrected chi connectivity index (χ0v) is 7.17. The van der Waals surface area contributed by atoms with E-state index in [1.165, 1.54) is 0 Å². The molecule has 1 unspecified atom stereocenters. The first-order valence-corrected chi connectivity index (χ1v) is 4.77. The summed E-state index contributed by atoms with van der Waals surface area (Å²) in [6.07, 6.45) is 1.65. The van der Waals surface area contributed by atoms with Gasteiger partial charge >= 0.3 is 0 Å². The monoisotopic (exact) mass is 175 g/mol. The van der Waals surface area contributed by atoms with Gasteiger partial charge in [0.1, 0.15) is 0 Å². The van der Waals surface area contributed by atoms with Gasteiger partial charge in [0.2, 0.25) is 5.02 Å². The van der Waals surface area contributed by atoms with Crippen molar-refractivity contribution in [1.29, 1.82) is 0 Å². The summed E-state index contributed by atoms with van der Waals surface area (Å²) in [5.41, 5.74) is 0. The summed E-state index contributed by atoms with van der Waals surface area (Å²) < 4.78 is 10.8. The Balaban J connectivity index is 3.00. The van der Waals surface area contributed by atoms with Crippen LogP contribution in [0.15, 0.2) is 29.2 Å². The maximum absolute atomic E-state index is 10.8. The van der Waals surface area contributed by atoms with Gasteiger partial charge in [0.25, 0.3) is 0 Å². The van der Waals surface area contributed by atoms with Crippen molar-refractivity contribution in [3.05, 3.63) is 29.3 Å². The largest absolute Gasteiger partial charge is 0.255 e. The highest BCUT2D eigenvalue weighted by molar-refractivity contribution is 7.84. The molecular formula is C7H8ClOS+. The Kier molecular flexibility index (Phi) is 2.46. The number of halogens is 1. The molecule has 1 nitrogen and oxygen atoms in total. The summed E-state index contributed by atoms with van der Waals surface area (Å²) in [7, 11) is -0.884. The molecule has 0 heterocycles. The Morgan fingerprint density at radius 2 is 1.80 bits per heavy atom. The van der Waals surface area contributed by atoms with Crippen LogP contribution in [0.3, 0.4) is 0 Å². The van der Waals surface area contributed by atoms with E-state index in [0.29, 0.717) is 0 Å². The second-order valence-electron chi connectivity index (χ2n) is 1.93. The Hall–Kier alpha value is -0.340. The van der Waals surface area contributed by atoms with Crippen LogP contribution < -0.4 is 0 Å². The molecule has 0 fully saturated rings. The van der Waals surface area contributed by atoms with Gasteiger partial charge in [0, 0.05) is 34.1 Å². The lowest BCUT2D eigenvalue weighted by atomic mass is 10.4. The van der Waals surface area contributed by atoms with E-state index in [9.17, 15) is 4.21 Å². The minimum atomic E-state index is -0.884. The second-order valence-corrected chi connectivity index (χ2v) is 3.78. The number of hydrogen-bond donors (Lipinski definition) is 0. The summed E-state index contributed by atoms with van der Waals surface area (Å²) in [4.78, 5) is 0.827. The molecule has 3 heteroatoms. The van der Waals surface area contributed by atoms with Gasteiger partial charge in [0.15, 0.2) is 11.6 Å². The lowest BCUT2D eigenvalue weighted by Crippen LogP contribution is -1.85.